The number of nitrogens with one attached hydrogen (secondary N) is 2. The summed E-state index contributed by atoms with van der Waals surface area (Å²) in [5.41, 5.74) is 2.12. The highest BCUT2D eigenvalue weighted by Crippen LogP contribution is 2.20. The molecule has 1 unspecified atom stereocenters. The second-order valence-corrected chi connectivity index (χ2v) is 6.31. The molecule has 1 aromatic carbocycles. The summed E-state index contributed by atoms with van der Waals surface area (Å²) < 4.78 is 10.8. The van der Waals surface area contributed by atoms with Crippen molar-refractivity contribution in [1.29, 1.82) is 0 Å². The van der Waals surface area contributed by atoms with Gasteiger partial charge in [-0.3, -0.25) is 4.99 Å². The van der Waals surface area contributed by atoms with Crippen LogP contribution in [0.2, 0.25) is 0 Å². The van der Waals surface area contributed by atoms with E-state index in [4.69, 9.17) is 9.15 Å². The van der Waals surface area contributed by atoms with Crippen molar-refractivity contribution in [2.45, 2.75) is 26.4 Å². The molecule has 0 aliphatic carbocycles. The molecule has 1 aromatic heterocycles. The minimum absolute atomic E-state index is 0.200. The molecule has 7 nitrogen and oxygen atoms in total. The second-order valence-electron chi connectivity index (χ2n) is 6.31. The van der Waals surface area contributed by atoms with E-state index in [9.17, 15) is 0 Å². The van der Waals surface area contributed by atoms with Gasteiger partial charge in [-0.1, -0.05) is 12.1 Å². The molecule has 0 spiro atoms. The molecule has 0 aliphatic heterocycles. The van der Waals surface area contributed by atoms with Crippen molar-refractivity contribution in [3.8, 4) is 5.75 Å². The van der Waals surface area contributed by atoms with E-state index in [2.05, 4.69) is 51.7 Å². The van der Waals surface area contributed by atoms with Gasteiger partial charge in [0.1, 0.15) is 11.5 Å². The summed E-state index contributed by atoms with van der Waals surface area (Å²) in [6.45, 7) is 5.05. The zero-order valence-corrected chi connectivity index (χ0v) is 16.5. The standard InChI is InChI=1S/C19H29N5O2/c1-13-14(2)26-18(23-13)12-22-19(20-3)21-11-17(24(4)5)15-7-9-16(25-6)10-8-15/h7-10,17H,11-12H2,1-6H3,(H2,20,21,22). The third-order valence-electron chi connectivity index (χ3n) is 4.29. The maximum absolute atomic E-state index is 5.59. The Morgan fingerprint density at radius 2 is 1.92 bits per heavy atom. The van der Waals surface area contributed by atoms with Crippen LogP contribution in [0.1, 0.15) is 29.0 Å². The summed E-state index contributed by atoms with van der Waals surface area (Å²) in [5, 5.41) is 6.60. The highest BCUT2D eigenvalue weighted by atomic mass is 16.5. The van der Waals surface area contributed by atoms with Gasteiger partial charge in [0.05, 0.1) is 25.4 Å². The molecule has 0 amide bonds. The van der Waals surface area contributed by atoms with Crippen molar-refractivity contribution in [2.24, 2.45) is 4.99 Å². The van der Waals surface area contributed by atoms with Crippen molar-refractivity contribution < 1.29 is 9.15 Å². The Bertz CT molecular complexity index is 703. The highest BCUT2D eigenvalue weighted by Gasteiger charge is 2.15. The molecule has 0 bridgehead atoms. The molecule has 2 N–H and O–H groups in total. The Morgan fingerprint density at radius 1 is 1.23 bits per heavy atom. The second kappa shape index (κ2) is 9.24. The van der Waals surface area contributed by atoms with Crippen molar-refractivity contribution in [3.05, 3.63) is 47.2 Å². The lowest BCUT2D eigenvalue weighted by molar-refractivity contribution is 0.297. The normalized spacial score (nSPS) is 13.0. The molecule has 7 heteroatoms. The summed E-state index contributed by atoms with van der Waals surface area (Å²) in [4.78, 5) is 10.8. The largest absolute Gasteiger partial charge is 0.497 e. The topological polar surface area (TPSA) is 74.9 Å². The summed E-state index contributed by atoms with van der Waals surface area (Å²) in [5.74, 6) is 3.06. The summed E-state index contributed by atoms with van der Waals surface area (Å²) in [6, 6.07) is 8.32. The lowest BCUT2D eigenvalue weighted by Crippen LogP contribution is -2.41. The molecule has 1 atom stereocenters. The summed E-state index contributed by atoms with van der Waals surface area (Å²) in [7, 11) is 7.54. The lowest BCUT2D eigenvalue weighted by Gasteiger charge is -2.26. The minimum Gasteiger partial charge on any atom is -0.497 e. The van der Waals surface area contributed by atoms with Crippen LogP contribution in [0.25, 0.3) is 0 Å². The number of aliphatic imine (C=N–C) groups is 1. The van der Waals surface area contributed by atoms with Gasteiger partial charge in [-0.15, -0.1) is 0 Å². The number of ether oxygens (including phenoxy) is 1. The van der Waals surface area contributed by atoms with Gasteiger partial charge in [0, 0.05) is 13.6 Å². The SMILES string of the molecule is CN=C(NCc1nc(C)c(C)o1)NCC(c1ccc(OC)cc1)N(C)C. The van der Waals surface area contributed by atoms with E-state index in [-0.39, 0.29) is 6.04 Å². The molecule has 2 aromatic rings. The predicted molar refractivity (Wildman–Crippen MR) is 104 cm³/mol. The lowest BCUT2D eigenvalue weighted by atomic mass is 10.1. The molecule has 1 heterocycles. The number of likely N-dealkylation sites (N-methyl/N-ethyl adjacent to an activating group) is 1. The molecule has 0 fully saturated rings. The van der Waals surface area contributed by atoms with Crippen molar-refractivity contribution >= 4 is 5.96 Å². The number of oxazole rings is 1. The zero-order valence-electron chi connectivity index (χ0n) is 16.5. The van der Waals surface area contributed by atoms with Crippen LogP contribution in [0.3, 0.4) is 0 Å². The third-order valence-corrected chi connectivity index (χ3v) is 4.29. The maximum Gasteiger partial charge on any atom is 0.214 e. The van der Waals surface area contributed by atoms with Gasteiger partial charge >= 0.3 is 0 Å². The van der Waals surface area contributed by atoms with Gasteiger partial charge < -0.3 is 24.7 Å². The average molecular weight is 359 g/mol. The van der Waals surface area contributed by atoms with Crippen molar-refractivity contribution in [2.75, 3.05) is 34.8 Å². The van der Waals surface area contributed by atoms with Gasteiger partial charge in [-0.05, 0) is 45.6 Å². The number of guanidine groups is 1. The molecular weight excluding hydrogens is 330 g/mol. The summed E-state index contributed by atoms with van der Waals surface area (Å²) in [6.07, 6.45) is 0. The fourth-order valence-electron chi connectivity index (χ4n) is 2.61. The number of rotatable bonds is 7. The average Bonchev–Trinajstić information content (AvgIpc) is 2.96. The first-order valence-electron chi connectivity index (χ1n) is 8.62. The Labute approximate surface area is 155 Å². The Balaban J connectivity index is 1.95. The molecule has 142 valence electrons. The first-order valence-corrected chi connectivity index (χ1v) is 8.62. The number of benzene rings is 1. The first kappa shape index (κ1) is 19.8. The van der Waals surface area contributed by atoms with Gasteiger partial charge in [-0.25, -0.2) is 4.98 Å². The highest BCUT2D eigenvalue weighted by molar-refractivity contribution is 5.79. The smallest absolute Gasteiger partial charge is 0.214 e. The number of nitrogens with zero attached hydrogens (tertiary/aromatic N) is 3. The van der Waals surface area contributed by atoms with E-state index in [1.807, 2.05) is 26.0 Å². The van der Waals surface area contributed by atoms with Crippen molar-refractivity contribution in [1.82, 2.24) is 20.5 Å². The van der Waals surface area contributed by atoms with Crippen LogP contribution in [0.4, 0.5) is 0 Å². The fourth-order valence-corrected chi connectivity index (χ4v) is 2.61. The third kappa shape index (κ3) is 5.23. The van der Waals surface area contributed by atoms with Crippen molar-refractivity contribution in [3.63, 3.8) is 0 Å². The minimum atomic E-state index is 0.200. The van der Waals surface area contributed by atoms with Crippen LogP contribution < -0.4 is 15.4 Å². The van der Waals surface area contributed by atoms with Crippen LogP contribution in [0.15, 0.2) is 33.7 Å². The van der Waals surface area contributed by atoms with Gasteiger partial charge in [-0.2, -0.15) is 0 Å². The van der Waals surface area contributed by atoms with Gasteiger partial charge in [0.15, 0.2) is 5.96 Å². The molecule has 2 rings (SSSR count). The predicted octanol–water partition coefficient (Wildman–Crippen LogP) is 2.27. The Kier molecular flexibility index (Phi) is 7.03. The van der Waals surface area contributed by atoms with E-state index in [0.717, 1.165) is 17.2 Å². The molecule has 0 saturated heterocycles. The maximum atomic E-state index is 5.59. The van der Waals surface area contributed by atoms with E-state index < -0.39 is 0 Å². The number of methoxy groups -OCH3 is 1. The van der Waals surface area contributed by atoms with Crippen LogP contribution in [0.5, 0.6) is 5.75 Å². The first-order chi connectivity index (χ1) is 12.4. The van der Waals surface area contributed by atoms with Crippen LogP contribution >= 0.6 is 0 Å². The van der Waals surface area contributed by atoms with Crippen LogP contribution in [-0.4, -0.2) is 50.6 Å². The Morgan fingerprint density at radius 3 is 2.42 bits per heavy atom. The number of hydrogen-bond donors (Lipinski definition) is 2. The van der Waals surface area contributed by atoms with Gasteiger partial charge in [0.2, 0.25) is 5.89 Å². The number of aryl methyl sites for hydroxylation is 2. The number of aromatic nitrogens is 1. The van der Waals surface area contributed by atoms with E-state index in [0.29, 0.717) is 24.9 Å². The molecule has 0 saturated carbocycles. The summed E-state index contributed by atoms with van der Waals surface area (Å²) >= 11 is 0. The van der Waals surface area contributed by atoms with E-state index in [1.165, 1.54) is 5.56 Å². The fraction of sp³-hybridized carbons (Fsp3) is 0.474. The number of hydrogen-bond acceptors (Lipinski definition) is 5. The van der Waals surface area contributed by atoms with Crippen LogP contribution in [-0.2, 0) is 6.54 Å². The quantitative estimate of drug-likeness (QED) is 0.583. The monoisotopic (exact) mass is 359 g/mol. The zero-order chi connectivity index (χ0) is 19.1. The molecule has 0 aliphatic rings. The molecule has 26 heavy (non-hydrogen) atoms. The Hall–Kier alpha value is -2.54. The molecule has 0 radical (unpaired) electrons. The van der Waals surface area contributed by atoms with Crippen LogP contribution in [0, 0.1) is 13.8 Å². The van der Waals surface area contributed by atoms with E-state index in [1.54, 1.807) is 14.2 Å². The van der Waals surface area contributed by atoms with E-state index >= 15 is 0 Å². The molecular formula is C19H29N5O2. The van der Waals surface area contributed by atoms with Gasteiger partial charge in [0.25, 0.3) is 0 Å².